The van der Waals surface area contributed by atoms with E-state index in [-0.39, 0.29) is 17.2 Å². The second-order valence-electron chi connectivity index (χ2n) is 6.93. The molecule has 0 saturated carbocycles. The first-order valence-corrected chi connectivity index (χ1v) is 8.83. The largest absolute Gasteiger partial charge is 0.477 e. The lowest BCUT2D eigenvalue weighted by atomic mass is 10.1. The van der Waals surface area contributed by atoms with Crippen LogP contribution >= 0.6 is 0 Å². The predicted octanol–water partition coefficient (Wildman–Crippen LogP) is 1.59. The third-order valence-electron chi connectivity index (χ3n) is 4.58. The van der Waals surface area contributed by atoms with Crippen LogP contribution in [0.1, 0.15) is 60.4 Å². The molecule has 1 aromatic heterocycles. The zero-order valence-corrected chi connectivity index (χ0v) is 15.1. The van der Waals surface area contributed by atoms with Gasteiger partial charge in [0, 0.05) is 31.5 Å². The third-order valence-corrected chi connectivity index (χ3v) is 4.58. The molecule has 138 valence electrons. The highest BCUT2D eigenvalue weighted by Crippen LogP contribution is 2.15. The summed E-state index contributed by atoms with van der Waals surface area (Å²) in [6.07, 6.45) is 4.85. The minimum Gasteiger partial charge on any atom is -0.477 e. The topological polar surface area (TPSA) is 91.6 Å². The molecule has 0 aliphatic carbocycles. The van der Waals surface area contributed by atoms with Crippen LogP contribution in [-0.2, 0) is 0 Å². The molecule has 1 saturated heterocycles. The summed E-state index contributed by atoms with van der Waals surface area (Å²) < 4.78 is 1.58. The molecule has 1 fully saturated rings. The Balaban J connectivity index is 2.11. The summed E-state index contributed by atoms with van der Waals surface area (Å²) in [5, 5.41) is 12.0. The van der Waals surface area contributed by atoms with Crippen molar-refractivity contribution in [2.75, 3.05) is 26.2 Å². The van der Waals surface area contributed by atoms with E-state index in [2.05, 4.69) is 17.1 Å². The van der Waals surface area contributed by atoms with E-state index >= 15 is 0 Å². The van der Waals surface area contributed by atoms with E-state index in [1.807, 2.05) is 13.8 Å². The maximum absolute atomic E-state index is 12.4. The van der Waals surface area contributed by atoms with Crippen LogP contribution in [0.25, 0.3) is 0 Å². The summed E-state index contributed by atoms with van der Waals surface area (Å²) in [5.74, 6) is -1.46. The Kier molecular flexibility index (Phi) is 6.36. The molecule has 7 heteroatoms. The van der Waals surface area contributed by atoms with Crippen molar-refractivity contribution in [1.82, 2.24) is 14.8 Å². The summed E-state index contributed by atoms with van der Waals surface area (Å²) in [7, 11) is 0. The number of hydrogen-bond acceptors (Lipinski definition) is 4. The third kappa shape index (κ3) is 4.69. The van der Waals surface area contributed by atoms with Crippen LogP contribution < -0.4 is 10.7 Å². The van der Waals surface area contributed by atoms with Gasteiger partial charge in [0.1, 0.15) is 11.1 Å². The highest BCUT2D eigenvalue weighted by atomic mass is 16.4. The standard InChI is InChI=1S/C18H27N3O4/c1-4-6-20-7-5-13(9-20)8-19-17(23)14-10-21(12(2)3)11-15(16(14)22)18(24)25/h10-13H,4-9H2,1-3H3,(H,19,23)(H,24,25)/t13-/m1/s1. The SMILES string of the molecule is CCCN1CC[C@H](CNC(=O)c2cn(C(C)C)cc(C(=O)O)c2=O)C1. The van der Waals surface area contributed by atoms with E-state index in [9.17, 15) is 19.5 Å². The molecule has 2 heterocycles. The lowest BCUT2D eigenvalue weighted by molar-refractivity contribution is 0.0694. The van der Waals surface area contributed by atoms with Gasteiger partial charge in [-0.05, 0) is 45.7 Å². The Morgan fingerprint density at radius 1 is 1.32 bits per heavy atom. The van der Waals surface area contributed by atoms with E-state index in [1.54, 1.807) is 4.57 Å². The number of hydrogen-bond donors (Lipinski definition) is 2. The number of amides is 1. The highest BCUT2D eigenvalue weighted by Gasteiger charge is 2.24. The van der Waals surface area contributed by atoms with Crippen LogP contribution in [0.4, 0.5) is 0 Å². The van der Waals surface area contributed by atoms with Gasteiger partial charge >= 0.3 is 5.97 Å². The molecule has 1 aliphatic heterocycles. The molecule has 0 bridgehead atoms. The van der Waals surface area contributed by atoms with Crippen molar-refractivity contribution in [3.05, 3.63) is 33.7 Å². The van der Waals surface area contributed by atoms with Crippen molar-refractivity contribution in [3.63, 3.8) is 0 Å². The highest BCUT2D eigenvalue weighted by molar-refractivity contribution is 5.96. The first kappa shape index (κ1) is 19.2. The first-order valence-electron chi connectivity index (χ1n) is 8.83. The van der Waals surface area contributed by atoms with E-state index in [0.29, 0.717) is 12.5 Å². The number of aromatic carboxylic acids is 1. The van der Waals surface area contributed by atoms with Crippen LogP contribution in [0.2, 0.25) is 0 Å². The minimum absolute atomic E-state index is 0.0531. The number of carbonyl (C=O) groups excluding carboxylic acids is 1. The fourth-order valence-electron chi connectivity index (χ4n) is 3.14. The molecule has 1 aromatic rings. The lowest BCUT2D eigenvalue weighted by Crippen LogP contribution is -2.35. The molecular formula is C18H27N3O4. The van der Waals surface area contributed by atoms with Gasteiger partial charge < -0.3 is 19.9 Å². The van der Waals surface area contributed by atoms with Crippen molar-refractivity contribution < 1.29 is 14.7 Å². The first-order chi connectivity index (χ1) is 11.8. The Hall–Kier alpha value is -2.15. The van der Waals surface area contributed by atoms with Gasteiger partial charge in [-0.3, -0.25) is 9.59 Å². The quantitative estimate of drug-likeness (QED) is 0.780. The lowest BCUT2D eigenvalue weighted by Gasteiger charge is -2.16. The molecule has 2 N–H and O–H groups in total. The van der Waals surface area contributed by atoms with Gasteiger partial charge in [0.25, 0.3) is 5.91 Å². The minimum atomic E-state index is -1.32. The molecular weight excluding hydrogens is 322 g/mol. The number of nitrogens with one attached hydrogen (secondary N) is 1. The smallest absolute Gasteiger partial charge is 0.341 e. The van der Waals surface area contributed by atoms with Crippen molar-refractivity contribution in [2.24, 2.45) is 5.92 Å². The zero-order chi connectivity index (χ0) is 18.6. The maximum atomic E-state index is 12.4. The number of nitrogens with zero attached hydrogens (tertiary/aromatic N) is 2. The van der Waals surface area contributed by atoms with Crippen molar-refractivity contribution in [2.45, 2.75) is 39.7 Å². The Bertz CT molecular complexity index is 696. The molecule has 0 aromatic carbocycles. The maximum Gasteiger partial charge on any atom is 0.341 e. The normalized spacial score (nSPS) is 17.8. The van der Waals surface area contributed by atoms with Gasteiger partial charge in [0.2, 0.25) is 5.43 Å². The number of likely N-dealkylation sites (tertiary alicyclic amines) is 1. The average Bonchev–Trinajstić information content (AvgIpc) is 3.00. The molecule has 25 heavy (non-hydrogen) atoms. The van der Waals surface area contributed by atoms with Crippen molar-refractivity contribution >= 4 is 11.9 Å². The van der Waals surface area contributed by atoms with Crippen LogP contribution in [-0.4, -0.2) is 52.6 Å². The average molecular weight is 349 g/mol. The Morgan fingerprint density at radius 3 is 2.60 bits per heavy atom. The summed E-state index contributed by atoms with van der Waals surface area (Å²) in [6.45, 7) is 9.39. The van der Waals surface area contributed by atoms with Gasteiger partial charge in [0.15, 0.2) is 0 Å². The zero-order valence-electron chi connectivity index (χ0n) is 15.1. The molecule has 0 radical (unpaired) electrons. The number of pyridine rings is 1. The molecule has 0 spiro atoms. The summed E-state index contributed by atoms with van der Waals surface area (Å²) in [6, 6.07) is -0.0531. The summed E-state index contributed by atoms with van der Waals surface area (Å²) in [4.78, 5) is 38.4. The van der Waals surface area contributed by atoms with Crippen LogP contribution in [0, 0.1) is 5.92 Å². The van der Waals surface area contributed by atoms with Gasteiger partial charge in [-0.1, -0.05) is 6.92 Å². The monoisotopic (exact) mass is 349 g/mol. The molecule has 7 nitrogen and oxygen atoms in total. The summed E-state index contributed by atoms with van der Waals surface area (Å²) >= 11 is 0. The van der Waals surface area contributed by atoms with Crippen LogP contribution in [0.3, 0.4) is 0 Å². The fourth-order valence-corrected chi connectivity index (χ4v) is 3.14. The number of rotatable bonds is 7. The predicted molar refractivity (Wildman–Crippen MR) is 95.2 cm³/mol. The van der Waals surface area contributed by atoms with Gasteiger partial charge in [-0.15, -0.1) is 0 Å². The Labute approximate surface area is 147 Å². The molecule has 1 amide bonds. The van der Waals surface area contributed by atoms with Gasteiger partial charge in [0.05, 0.1) is 0 Å². The summed E-state index contributed by atoms with van der Waals surface area (Å²) in [5.41, 5.74) is -1.23. The molecule has 1 aliphatic rings. The van der Waals surface area contributed by atoms with Crippen molar-refractivity contribution in [1.29, 1.82) is 0 Å². The molecule has 1 atom stereocenters. The number of aromatic nitrogens is 1. The number of carbonyl (C=O) groups is 2. The van der Waals surface area contributed by atoms with Gasteiger partial charge in [-0.25, -0.2) is 4.79 Å². The molecule has 0 unspecified atom stereocenters. The van der Waals surface area contributed by atoms with Crippen LogP contribution in [0.15, 0.2) is 17.2 Å². The number of carboxylic acid groups (broad SMARTS) is 1. The second-order valence-corrected chi connectivity index (χ2v) is 6.93. The van der Waals surface area contributed by atoms with E-state index in [0.717, 1.165) is 32.5 Å². The Morgan fingerprint density at radius 2 is 2.00 bits per heavy atom. The van der Waals surface area contributed by atoms with Crippen molar-refractivity contribution in [3.8, 4) is 0 Å². The van der Waals surface area contributed by atoms with Gasteiger partial charge in [-0.2, -0.15) is 0 Å². The number of carboxylic acids is 1. The second kappa shape index (κ2) is 8.29. The van der Waals surface area contributed by atoms with E-state index < -0.39 is 17.3 Å². The fraction of sp³-hybridized carbons (Fsp3) is 0.611. The van der Waals surface area contributed by atoms with E-state index in [4.69, 9.17) is 0 Å². The van der Waals surface area contributed by atoms with E-state index in [1.165, 1.54) is 12.4 Å². The van der Waals surface area contributed by atoms with Crippen LogP contribution in [0.5, 0.6) is 0 Å². The molecule has 2 rings (SSSR count).